The first-order chi connectivity index (χ1) is 5.66. The van der Waals surface area contributed by atoms with Crippen molar-refractivity contribution in [2.24, 2.45) is 0 Å². The number of nitrogens with zero attached hydrogens (tertiary/aromatic N) is 1. The Balaban J connectivity index is 2.83. The van der Waals surface area contributed by atoms with Gasteiger partial charge in [0.05, 0.1) is 11.0 Å². The molecule has 0 spiro atoms. The maximum absolute atomic E-state index is 5.69. The van der Waals surface area contributed by atoms with Crippen LogP contribution in [0, 0.1) is 3.57 Å². The number of aromatic amines is 1. The minimum atomic E-state index is 0.423. The zero-order valence-electron chi connectivity index (χ0n) is 6.13. The first-order valence-electron chi connectivity index (χ1n) is 3.37. The first-order valence-corrected chi connectivity index (χ1v) is 4.45. The van der Waals surface area contributed by atoms with Gasteiger partial charge in [-0.3, -0.25) is 0 Å². The molecule has 4 nitrogen and oxygen atoms in total. The smallest absolute Gasteiger partial charge is 0.198 e. The second kappa shape index (κ2) is 2.51. The van der Waals surface area contributed by atoms with E-state index >= 15 is 0 Å². The van der Waals surface area contributed by atoms with Crippen LogP contribution in [-0.2, 0) is 0 Å². The highest BCUT2D eigenvalue weighted by Gasteiger charge is 2.02. The molecule has 0 fully saturated rings. The number of benzene rings is 1. The molecule has 0 atom stereocenters. The topological polar surface area (TPSA) is 80.7 Å². The number of imidazole rings is 1. The van der Waals surface area contributed by atoms with Crippen molar-refractivity contribution >= 4 is 45.3 Å². The fraction of sp³-hybridized carbons (Fsp3) is 0. The van der Waals surface area contributed by atoms with Crippen molar-refractivity contribution in [1.82, 2.24) is 9.97 Å². The van der Waals surface area contributed by atoms with Gasteiger partial charge >= 0.3 is 0 Å². The lowest BCUT2D eigenvalue weighted by molar-refractivity contribution is 1.35. The fourth-order valence-corrected chi connectivity index (χ4v) is 1.53. The van der Waals surface area contributed by atoms with Gasteiger partial charge in [-0.05, 0) is 34.7 Å². The van der Waals surface area contributed by atoms with Crippen LogP contribution in [0.1, 0.15) is 0 Å². The molecular weight excluding hydrogens is 267 g/mol. The van der Waals surface area contributed by atoms with Crippen molar-refractivity contribution in [1.29, 1.82) is 0 Å². The Bertz CT molecular complexity index is 395. The van der Waals surface area contributed by atoms with Gasteiger partial charge in [-0.1, -0.05) is 0 Å². The quantitative estimate of drug-likeness (QED) is 0.500. The van der Waals surface area contributed by atoms with E-state index in [0.717, 1.165) is 20.3 Å². The van der Waals surface area contributed by atoms with E-state index in [0.29, 0.717) is 5.95 Å². The Kier molecular flexibility index (Phi) is 1.60. The number of aromatic nitrogens is 2. The molecule has 1 heterocycles. The number of rotatable bonds is 0. The van der Waals surface area contributed by atoms with Crippen LogP contribution >= 0.6 is 22.6 Å². The third kappa shape index (κ3) is 1.09. The van der Waals surface area contributed by atoms with Crippen molar-refractivity contribution in [3.63, 3.8) is 0 Å². The third-order valence-corrected chi connectivity index (χ3v) is 2.55. The maximum atomic E-state index is 5.69. The largest absolute Gasteiger partial charge is 0.398 e. The lowest BCUT2D eigenvalue weighted by Gasteiger charge is -1.95. The number of nitrogen functional groups attached to an aromatic ring is 2. The lowest BCUT2D eigenvalue weighted by atomic mass is 10.3. The summed E-state index contributed by atoms with van der Waals surface area (Å²) < 4.78 is 1.00. The van der Waals surface area contributed by atoms with Crippen LogP contribution in [0.2, 0.25) is 0 Å². The molecule has 5 heteroatoms. The van der Waals surface area contributed by atoms with Crippen molar-refractivity contribution in [2.75, 3.05) is 11.5 Å². The zero-order valence-corrected chi connectivity index (χ0v) is 8.29. The van der Waals surface area contributed by atoms with Crippen LogP contribution in [0.4, 0.5) is 11.6 Å². The third-order valence-electron chi connectivity index (χ3n) is 1.62. The maximum Gasteiger partial charge on any atom is 0.198 e. The zero-order chi connectivity index (χ0) is 8.72. The Hall–Kier alpha value is -0.980. The highest BCUT2D eigenvalue weighted by atomic mass is 127. The summed E-state index contributed by atoms with van der Waals surface area (Å²) in [6.45, 7) is 0. The molecule has 0 aliphatic heterocycles. The molecule has 0 aliphatic rings. The number of nitrogens with one attached hydrogen (secondary N) is 1. The number of fused-ring (bicyclic) bond motifs is 1. The molecule has 0 radical (unpaired) electrons. The number of anilines is 2. The monoisotopic (exact) mass is 274 g/mol. The molecule has 0 amide bonds. The summed E-state index contributed by atoms with van der Waals surface area (Å²) in [5.74, 6) is 0.423. The van der Waals surface area contributed by atoms with E-state index in [1.807, 2.05) is 12.1 Å². The summed E-state index contributed by atoms with van der Waals surface area (Å²) >= 11 is 2.17. The first kappa shape index (κ1) is 7.66. The molecule has 1 aromatic heterocycles. The van der Waals surface area contributed by atoms with Crippen LogP contribution in [-0.4, -0.2) is 9.97 Å². The summed E-state index contributed by atoms with van der Waals surface area (Å²) in [5.41, 5.74) is 13.6. The molecule has 12 heavy (non-hydrogen) atoms. The molecule has 62 valence electrons. The molecule has 2 rings (SSSR count). The Morgan fingerprint density at radius 3 is 2.83 bits per heavy atom. The SMILES string of the molecule is Nc1nc2cc(N)c(I)cc2[nH]1. The Morgan fingerprint density at radius 1 is 1.33 bits per heavy atom. The fourth-order valence-electron chi connectivity index (χ4n) is 1.07. The highest BCUT2D eigenvalue weighted by Crippen LogP contribution is 2.21. The van der Waals surface area contributed by atoms with Gasteiger partial charge in [-0.15, -0.1) is 0 Å². The van der Waals surface area contributed by atoms with E-state index in [2.05, 4.69) is 32.6 Å². The average Bonchev–Trinajstić information content (AvgIpc) is 2.30. The van der Waals surface area contributed by atoms with Crippen molar-refractivity contribution < 1.29 is 0 Å². The van der Waals surface area contributed by atoms with Crippen LogP contribution in [0.3, 0.4) is 0 Å². The average molecular weight is 274 g/mol. The predicted molar refractivity (Wildman–Crippen MR) is 57.6 cm³/mol. The number of nitrogens with two attached hydrogens (primary N) is 2. The van der Waals surface area contributed by atoms with Gasteiger partial charge in [0.2, 0.25) is 0 Å². The Labute approximate surface area is 82.5 Å². The van der Waals surface area contributed by atoms with Crippen LogP contribution in [0.5, 0.6) is 0 Å². The molecular formula is C7H7IN4. The van der Waals surface area contributed by atoms with Crippen molar-refractivity contribution in [3.05, 3.63) is 15.7 Å². The van der Waals surface area contributed by atoms with Gasteiger partial charge in [0.25, 0.3) is 0 Å². The van der Waals surface area contributed by atoms with Crippen LogP contribution in [0.15, 0.2) is 12.1 Å². The molecule has 2 aromatic rings. The molecule has 0 aliphatic carbocycles. The van der Waals surface area contributed by atoms with Crippen LogP contribution < -0.4 is 11.5 Å². The van der Waals surface area contributed by atoms with Gasteiger partial charge in [-0.2, -0.15) is 0 Å². The molecule has 0 saturated carbocycles. The minimum Gasteiger partial charge on any atom is -0.398 e. The molecule has 5 N–H and O–H groups in total. The summed E-state index contributed by atoms with van der Waals surface area (Å²) in [4.78, 5) is 6.99. The van der Waals surface area contributed by atoms with E-state index in [9.17, 15) is 0 Å². The van der Waals surface area contributed by atoms with E-state index in [4.69, 9.17) is 11.5 Å². The standard InChI is InChI=1S/C7H7IN4/c8-3-1-5-6(2-4(3)9)12-7(10)11-5/h1-2H,9H2,(H3,10,11,12). The number of hydrogen-bond acceptors (Lipinski definition) is 3. The van der Waals surface area contributed by atoms with E-state index in [-0.39, 0.29) is 0 Å². The van der Waals surface area contributed by atoms with E-state index in [1.54, 1.807) is 0 Å². The van der Waals surface area contributed by atoms with Gasteiger partial charge in [0.15, 0.2) is 5.95 Å². The van der Waals surface area contributed by atoms with E-state index in [1.165, 1.54) is 0 Å². The van der Waals surface area contributed by atoms with Gasteiger partial charge in [0, 0.05) is 9.26 Å². The van der Waals surface area contributed by atoms with Gasteiger partial charge in [-0.25, -0.2) is 4.98 Å². The second-order valence-corrected chi connectivity index (χ2v) is 3.68. The predicted octanol–water partition coefficient (Wildman–Crippen LogP) is 1.33. The minimum absolute atomic E-state index is 0.423. The number of halogens is 1. The molecule has 0 bridgehead atoms. The van der Waals surface area contributed by atoms with Crippen LogP contribution in [0.25, 0.3) is 11.0 Å². The lowest BCUT2D eigenvalue weighted by Crippen LogP contribution is -1.88. The van der Waals surface area contributed by atoms with Gasteiger partial charge < -0.3 is 16.5 Å². The van der Waals surface area contributed by atoms with E-state index < -0.39 is 0 Å². The van der Waals surface area contributed by atoms with Gasteiger partial charge in [0.1, 0.15) is 0 Å². The highest BCUT2D eigenvalue weighted by molar-refractivity contribution is 14.1. The van der Waals surface area contributed by atoms with Crippen molar-refractivity contribution in [3.8, 4) is 0 Å². The second-order valence-electron chi connectivity index (χ2n) is 2.51. The number of hydrogen-bond donors (Lipinski definition) is 3. The number of H-pyrrole nitrogens is 1. The molecule has 1 aromatic carbocycles. The molecule has 0 saturated heterocycles. The normalized spacial score (nSPS) is 10.8. The van der Waals surface area contributed by atoms with Crippen molar-refractivity contribution in [2.45, 2.75) is 0 Å². The Morgan fingerprint density at radius 2 is 2.08 bits per heavy atom. The summed E-state index contributed by atoms with van der Waals surface area (Å²) in [5, 5.41) is 0. The summed E-state index contributed by atoms with van der Waals surface area (Å²) in [6, 6.07) is 3.73. The summed E-state index contributed by atoms with van der Waals surface area (Å²) in [7, 11) is 0. The summed E-state index contributed by atoms with van der Waals surface area (Å²) in [6.07, 6.45) is 0. The molecule has 0 unspecified atom stereocenters.